The van der Waals surface area contributed by atoms with Gasteiger partial charge in [0.25, 0.3) is 5.91 Å². The lowest BCUT2D eigenvalue weighted by Gasteiger charge is -2.11. The highest BCUT2D eigenvalue weighted by atomic mass is 32.2. The molecule has 0 heterocycles. The first-order chi connectivity index (χ1) is 12.0. The predicted octanol–water partition coefficient (Wildman–Crippen LogP) is 4.04. The maximum absolute atomic E-state index is 12.3. The lowest BCUT2D eigenvalue weighted by atomic mass is 10.1. The molecule has 1 N–H and O–H groups in total. The number of nitrogens with one attached hydrogen (secondary N) is 1. The summed E-state index contributed by atoms with van der Waals surface area (Å²) in [4.78, 5) is 13.1. The maximum atomic E-state index is 12.3. The van der Waals surface area contributed by atoms with Gasteiger partial charge >= 0.3 is 0 Å². The van der Waals surface area contributed by atoms with Gasteiger partial charge in [-0.3, -0.25) is 9.52 Å². The Kier molecular flexibility index (Phi) is 6.72. The molecular formula is C19H20N2O3S. The molecule has 2 aromatic rings. The predicted molar refractivity (Wildman–Crippen MR) is 97.8 cm³/mol. The van der Waals surface area contributed by atoms with Gasteiger partial charge in [-0.05, 0) is 48.2 Å². The summed E-state index contributed by atoms with van der Waals surface area (Å²) in [6.07, 6.45) is 0. The van der Waals surface area contributed by atoms with Gasteiger partial charge in [-0.15, -0.1) is 0 Å². The number of hydrogen-bond acceptors (Lipinski definition) is 5. The van der Waals surface area contributed by atoms with E-state index in [9.17, 15) is 10.1 Å². The topological polar surface area (TPSA) is 71.3 Å². The highest BCUT2D eigenvalue weighted by molar-refractivity contribution is 7.98. The molecule has 5 nitrogen and oxygen atoms in total. The van der Waals surface area contributed by atoms with Crippen LogP contribution in [0.15, 0.2) is 47.4 Å². The summed E-state index contributed by atoms with van der Waals surface area (Å²) in [7, 11) is 1.58. The van der Waals surface area contributed by atoms with E-state index in [4.69, 9.17) is 9.47 Å². The normalized spacial score (nSPS) is 10.2. The van der Waals surface area contributed by atoms with Crippen LogP contribution in [0.3, 0.4) is 0 Å². The zero-order valence-electron chi connectivity index (χ0n) is 14.4. The van der Waals surface area contributed by atoms with E-state index < -0.39 is 0 Å². The molecule has 0 aliphatic carbocycles. The van der Waals surface area contributed by atoms with Gasteiger partial charge in [0.15, 0.2) is 0 Å². The first kappa shape index (κ1) is 18.7. The van der Waals surface area contributed by atoms with Crippen LogP contribution in [0.1, 0.15) is 29.8 Å². The summed E-state index contributed by atoms with van der Waals surface area (Å²) < 4.78 is 13.6. The van der Waals surface area contributed by atoms with Gasteiger partial charge in [-0.2, -0.15) is 5.26 Å². The van der Waals surface area contributed by atoms with Gasteiger partial charge in [-0.1, -0.05) is 26.0 Å². The molecule has 0 unspecified atom stereocenters. The Morgan fingerprint density at radius 3 is 2.68 bits per heavy atom. The third-order valence-corrected chi connectivity index (χ3v) is 4.10. The van der Waals surface area contributed by atoms with E-state index in [-0.39, 0.29) is 5.91 Å². The van der Waals surface area contributed by atoms with E-state index in [1.165, 1.54) is 18.0 Å². The van der Waals surface area contributed by atoms with E-state index >= 15 is 0 Å². The van der Waals surface area contributed by atoms with Crippen molar-refractivity contribution in [2.45, 2.75) is 18.7 Å². The lowest BCUT2D eigenvalue weighted by molar-refractivity contribution is 0.0984. The quantitative estimate of drug-likeness (QED) is 0.758. The molecule has 0 aromatic heterocycles. The molecule has 0 fully saturated rings. The number of para-hydroxylation sites is 1. The van der Waals surface area contributed by atoms with E-state index in [1.807, 2.05) is 38.1 Å². The largest absolute Gasteiger partial charge is 0.496 e. The Bertz CT molecular complexity index is 784. The number of amides is 1. The molecule has 0 atom stereocenters. The molecule has 1 amide bonds. The number of carbonyl (C=O) groups excluding carboxylic acids is 1. The molecule has 6 heteroatoms. The smallest absolute Gasteiger partial charge is 0.261 e. The SMILES string of the molecule is COc1ccccc1SNC(=O)c1ccc(OCC(C)C)c(C#N)c1. The van der Waals surface area contributed by atoms with Crippen LogP contribution in [0, 0.1) is 17.2 Å². The van der Waals surface area contributed by atoms with Crippen LogP contribution < -0.4 is 14.2 Å². The van der Waals surface area contributed by atoms with Crippen molar-refractivity contribution in [3.8, 4) is 17.6 Å². The van der Waals surface area contributed by atoms with Crippen LogP contribution in [-0.2, 0) is 0 Å². The van der Waals surface area contributed by atoms with Crippen LogP contribution in [0.5, 0.6) is 11.5 Å². The van der Waals surface area contributed by atoms with Gasteiger partial charge in [0, 0.05) is 5.56 Å². The fourth-order valence-electron chi connectivity index (χ4n) is 2.00. The Labute approximate surface area is 152 Å². The number of benzene rings is 2. The molecule has 0 aliphatic heterocycles. The summed E-state index contributed by atoms with van der Waals surface area (Å²) in [6, 6.07) is 14.3. The van der Waals surface area contributed by atoms with Gasteiger partial charge in [0.05, 0.1) is 24.2 Å². The number of ether oxygens (including phenoxy) is 2. The summed E-state index contributed by atoms with van der Waals surface area (Å²) in [5.41, 5.74) is 0.742. The third kappa shape index (κ3) is 5.16. The monoisotopic (exact) mass is 356 g/mol. The maximum Gasteiger partial charge on any atom is 0.261 e. The molecule has 0 saturated heterocycles. The minimum Gasteiger partial charge on any atom is -0.496 e. The molecule has 0 bridgehead atoms. The van der Waals surface area contributed by atoms with Crippen LogP contribution in [0.2, 0.25) is 0 Å². The van der Waals surface area contributed by atoms with Gasteiger partial charge in [-0.25, -0.2) is 0 Å². The molecule has 25 heavy (non-hydrogen) atoms. The minimum atomic E-state index is -0.289. The highest BCUT2D eigenvalue weighted by Crippen LogP contribution is 2.27. The van der Waals surface area contributed by atoms with Crippen LogP contribution in [0.25, 0.3) is 0 Å². The molecule has 2 aromatic carbocycles. The summed E-state index contributed by atoms with van der Waals surface area (Å²) in [5.74, 6) is 1.24. The Hall–Kier alpha value is -2.65. The van der Waals surface area contributed by atoms with Crippen molar-refractivity contribution in [1.29, 1.82) is 5.26 Å². The fourth-order valence-corrected chi connectivity index (χ4v) is 2.72. The third-order valence-electron chi connectivity index (χ3n) is 3.26. The second kappa shape index (κ2) is 9.00. The van der Waals surface area contributed by atoms with Gasteiger partial charge < -0.3 is 9.47 Å². The molecule has 0 aliphatic rings. The number of nitrogens with zero attached hydrogens (tertiary/aromatic N) is 1. The first-order valence-electron chi connectivity index (χ1n) is 7.82. The second-order valence-corrected chi connectivity index (χ2v) is 6.56. The Balaban J connectivity index is 2.08. The van der Waals surface area contributed by atoms with Crippen molar-refractivity contribution in [2.24, 2.45) is 5.92 Å². The summed E-state index contributed by atoms with van der Waals surface area (Å²) >= 11 is 1.17. The van der Waals surface area contributed by atoms with E-state index in [2.05, 4.69) is 10.8 Å². The zero-order chi connectivity index (χ0) is 18.2. The lowest BCUT2D eigenvalue weighted by Crippen LogP contribution is -2.16. The molecular weight excluding hydrogens is 336 g/mol. The Morgan fingerprint density at radius 1 is 1.24 bits per heavy atom. The van der Waals surface area contributed by atoms with Gasteiger partial charge in [0.1, 0.15) is 17.6 Å². The number of nitriles is 1. The van der Waals surface area contributed by atoms with Crippen LogP contribution in [-0.4, -0.2) is 19.6 Å². The van der Waals surface area contributed by atoms with E-state index in [1.54, 1.807) is 19.2 Å². The standard InChI is InChI=1S/C19H20N2O3S/c1-13(2)12-24-16-9-8-14(10-15(16)11-20)19(22)21-25-18-7-5-4-6-17(18)23-3/h4-10,13H,12H2,1-3H3,(H,21,22). The van der Waals surface area contributed by atoms with Crippen molar-refractivity contribution in [3.05, 3.63) is 53.6 Å². The first-order valence-corrected chi connectivity index (χ1v) is 8.64. The summed E-state index contributed by atoms with van der Waals surface area (Å²) in [5, 5.41) is 9.28. The second-order valence-electron chi connectivity index (χ2n) is 5.71. The molecule has 0 radical (unpaired) electrons. The van der Waals surface area contributed by atoms with Crippen LogP contribution >= 0.6 is 11.9 Å². The van der Waals surface area contributed by atoms with Crippen molar-refractivity contribution < 1.29 is 14.3 Å². The zero-order valence-corrected chi connectivity index (χ0v) is 15.2. The average Bonchev–Trinajstić information content (AvgIpc) is 2.64. The van der Waals surface area contributed by atoms with Gasteiger partial charge in [0.2, 0.25) is 0 Å². The minimum absolute atomic E-state index is 0.289. The molecule has 2 rings (SSSR count). The molecule has 0 spiro atoms. The average molecular weight is 356 g/mol. The van der Waals surface area contributed by atoms with E-state index in [0.29, 0.717) is 35.2 Å². The van der Waals surface area contributed by atoms with Crippen molar-refractivity contribution in [2.75, 3.05) is 13.7 Å². The number of rotatable bonds is 7. The number of methoxy groups -OCH3 is 1. The number of hydrogen-bond donors (Lipinski definition) is 1. The highest BCUT2D eigenvalue weighted by Gasteiger charge is 2.12. The summed E-state index contributed by atoms with van der Waals surface area (Å²) in [6.45, 7) is 4.58. The number of carbonyl (C=O) groups is 1. The van der Waals surface area contributed by atoms with Crippen molar-refractivity contribution in [3.63, 3.8) is 0 Å². The molecule has 130 valence electrons. The van der Waals surface area contributed by atoms with Crippen molar-refractivity contribution in [1.82, 2.24) is 4.72 Å². The van der Waals surface area contributed by atoms with Crippen molar-refractivity contribution >= 4 is 17.9 Å². The van der Waals surface area contributed by atoms with E-state index in [0.717, 1.165) is 4.90 Å². The fraction of sp³-hybridized carbons (Fsp3) is 0.263. The Morgan fingerprint density at radius 2 is 2.00 bits per heavy atom. The molecule has 0 saturated carbocycles. The van der Waals surface area contributed by atoms with Crippen LogP contribution in [0.4, 0.5) is 0 Å².